The van der Waals surface area contributed by atoms with Gasteiger partial charge in [0.15, 0.2) is 0 Å². The van der Waals surface area contributed by atoms with Crippen LogP contribution in [0, 0.1) is 6.92 Å². The van der Waals surface area contributed by atoms with Gasteiger partial charge in [0.2, 0.25) is 0 Å². The Balaban J connectivity index is 0. The van der Waals surface area contributed by atoms with Crippen LogP contribution in [0.4, 0.5) is 0 Å². The molecule has 0 spiro atoms. The lowest BCUT2D eigenvalue weighted by molar-refractivity contribution is -0.138. The van der Waals surface area contributed by atoms with E-state index in [-0.39, 0.29) is 5.97 Å². The van der Waals surface area contributed by atoms with Gasteiger partial charge in [-0.1, -0.05) is 6.58 Å². The molecule has 0 saturated carbocycles. The molecule has 5 nitrogen and oxygen atoms in total. The van der Waals surface area contributed by atoms with Crippen molar-refractivity contribution in [1.82, 2.24) is 0 Å². The van der Waals surface area contributed by atoms with Crippen molar-refractivity contribution in [3.63, 3.8) is 0 Å². The summed E-state index contributed by atoms with van der Waals surface area (Å²) >= 11 is 4.10. The lowest BCUT2D eigenvalue weighted by Crippen LogP contribution is -2.42. The van der Waals surface area contributed by atoms with Crippen LogP contribution in [0.15, 0.2) is 12.2 Å². The minimum atomic E-state index is -2.29. The van der Waals surface area contributed by atoms with E-state index in [1.54, 1.807) is 28.3 Å². The molecule has 0 heterocycles. The van der Waals surface area contributed by atoms with Crippen LogP contribution < -0.4 is 0 Å². The minimum absolute atomic E-state index is 0.335. The Morgan fingerprint density at radius 3 is 2.00 bits per heavy atom. The number of thiol groups is 1. The molecule has 0 bridgehead atoms. The lowest BCUT2D eigenvalue weighted by Gasteiger charge is -2.23. The van der Waals surface area contributed by atoms with E-state index < -0.39 is 8.80 Å². The van der Waals surface area contributed by atoms with Gasteiger partial charge in [-0.15, -0.1) is 0 Å². The number of ether oxygens (including phenoxy) is 1. The van der Waals surface area contributed by atoms with Crippen molar-refractivity contribution < 1.29 is 22.8 Å². The molecule has 0 N–H and O–H groups in total. The first-order valence-corrected chi connectivity index (χ1v) is 8.87. The van der Waals surface area contributed by atoms with Gasteiger partial charge in [0.25, 0.3) is 0 Å². The lowest BCUT2D eigenvalue weighted by atomic mass is 10.4. The topological polar surface area (TPSA) is 54.0 Å². The molecule has 0 rings (SSSR count). The van der Waals surface area contributed by atoms with E-state index in [0.717, 1.165) is 18.2 Å². The largest absolute Gasteiger partial charge is 0.500 e. The Hall–Kier alpha value is -0.343. The summed E-state index contributed by atoms with van der Waals surface area (Å²) < 4.78 is 20.2. The van der Waals surface area contributed by atoms with Gasteiger partial charge in [0, 0.05) is 32.9 Å². The van der Waals surface area contributed by atoms with Crippen LogP contribution >= 0.6 is 12.6 Å². The van der Waals surface area contributed by atoms with Crippen LogP contribution in [0.5, 0.6) is 0 Å². The van der Waals surface area contributed by atoms with Crippen LogP contribution in [0.2, 0.25) is 6.04 Å². The zero-order valence-corrected chi connectivity index (χ0v) is 14.8. The predicted molar refractivity (Wildman–Crippen MR) is 85.8 cm³/mol. The fourth-order valence-electron chi connectivity index (χ4n) is 1.14. The van der Waals surface area contributed by atoms with Crippen LogP contribution in [-0.4, -0.2) is 48.5 Å². The number of hydrogen-bond acceptors (Lipinski definition) is 6. The number of carbonyl (C=O) groups is 1. The maximum atomic E-state index is 10.6. The van der Waals surface area contributed by atoms with Crippen molar-refractivity contribution in [3.05, 3.63) is 19.1 Å². The quantitative estimate of drug-likeness (QED) is 0.306. The number of rotatable bonds is 9. The van der Waals surface area contributed by atoms with E-state index in [4.69, 9.17) is 13.3 Å². The van der Waals surface area contributed by atoms with Gasteiger partial charge >= 0.3 is 14.8 Å². The fraction of sp³-hybridized carbons (Fsp3) is 0.692. The zero-order chi connectivity index (χ0) is 16.0. The second-order valence-corrected chi connectivity index (χ2v) is 7.43. The predicted octanol–water partition coefficient (Wildman–Crippen LogP) is 2.51. The molecular weight excluding hydrogens is 296 g/mol. The number of hydrogen-bond donors (Lipinski definition) is 1. The van der Waals surface area contributed by atoms with Gasteiger partial charge in [-0.2, -0.15) is 12.6 Å². The van der Waals surface area contributed by atoms with Crippen LogP contribution in [0.1, 0.15) is 19.8 Å². The van der Waals surface area contributed by atoms with Crippen molar-refractivity contribution in [2.24, 2.45) is 0 Å². The van der Waals surface area contributed by atoms with E-state index >= 15 is 0 Å². The number of carbonyl (C=O) groups excluding carboxylic acids is 1. The monoisotopic (exact) mass is 323 g/mol. The molecule has 0 aromatic carbocycles. The summed E-state index contributed by atoms with van der Waals surface area (Å²) in [6.07, 6.45) is 1.57. The zero-order valence-electron chi connectivity index (χ0n) is 12.9. The van der Waals surface area contributed by atoms with Crippen molar-refractivity contribution in [2.45, 2.75) is 25.8 Å². The average Bonchev–Trinajstić information content (AvgIpc) is 2.47. The molecule has 0 fully saturated rings. The van der Waals surface area contributed by atoms with Gasteiger partial charge in [0.1, 0.15) is 0 Å². The molecule has 0 aromatic rings. The Morgan fingerprint density at radius 1 is 1.20 bits per heavy atom. The Bertz CT molecular complexity index is 261. The minimum Gasteiger partial charge on any atom is -0.462 e. The molecule has 0 aliphatic heterocycles. The van der Waals surface area contributed by atoms with Crippen LogP contribution in [0.25, 0.3) is 0 Å². The van der Waals surface area contributed by atoms with Gasteiger partial charge in [-0.05, 0) is 32.4 Å². The van der Waals surface area contributed by atoms with Crippen LogP contribution in [0.3, 0.4) is 0 Å². The molecule has 0 aromatic heterocycles. The molecule has 0 aliphatic rings. The summed E-state index contributed by atoms with van der Waals surface area (Å²) in [5.41, 5.74) is 0.434. The van der Waals surface area contributed by atoms with Crippen molar-refractivity contribution in [3.8, 4) is 0 Å². The molecule has 0 saturated heterocycles. The number of esters is 1. The fourth-order valence-corrected chi connectivity index (χ4v) is 3.32. The maximum Gasteiger partial charge on any atom is 0.500 e. The van der Waals surface area contributed by atoms with Crippen molar-refractivity contribution in [2.75, 3.05) is 33.7 Å². The highest BCUT2D eigenvalue weighted by molar-refractivity contribution is 7.80. The second kappa shape index (κ2) is 13.6. The van der Waals surface area contributed by atoms with Gasteiger partial charge < -0.3 is 18.0 Å². The van der Waals surface area contributed by atoms with E-state index in [2.05, 4.69) is 30.9 Å². The Kier molecular flexibility index (Phi) is 15.0. The van der Waals surface area contributed by atoms with Gasteiger partial charge in [-0.3, -0.25) is 0 Å². The van der Waals surface area contributed by atoms with E-state index in [0.29, 0.717) is 18.6 Å². The summed E-state index contributed by atoms with van der Waals surface area (Å²) in [5, 5.41) is 0. The Morgan fingerprint density at radius 2 is 1.70 bits per heavy atom. The maximum absolute atomic E-state index is 10.6. The smallest absolute Gasteiger partial charge is 0.462 e. The Labute approximate surface area is 129 Å². The summed E-state index contributed by atoms with van der Waals surface area (Å²) in [7, 11) is 2.58. The molecule has 0 unspecified atom stereocenters. The third-order valence-corrected chi connectivity index (χ3v) is 5.45. The highest BCUT2D eigenvalue weighted by Crippen LogP contribution is 2.14. The first-order valence-electron chi connectivity index (χ1n) is 6.31. The second-order valence-electron chi connectivity index (χ2n) is 3.89. The first kappa shape index (κ1) is 21.9. The molecule has 7 heteroatoms. The van der Waals surface area contributed by atoms with Gasteiger partial charge in [0.05, 0.1) is 6.61 Å². The van der Waals surface area contributed by atoms with Crippen molar-refractivity contribution in [1.29, 1.82) is 0 Å². The highest BCUT2D eigenvalue weighted by atomic mass is 32.1. The summed E-state index contributed by atoms with van der Waals surface area (Å²) in [5.74, 6) is 0.504. The molecule has 0 atom stereocenters. The summed E-state index contributed by atoms with van der Waals surface area (Å²) in [4.78, 5) is 10.6. The van der Waals surface area contributed by atoms with E-state index in [9.17, 15) is 4.79 Å². The standard InChI is InChI=1S/C7H11O2.C6H16O3SSi/c1-4-5-9-7(8)6(2)3;1-7-11(8-2,9-3)6-4-5-10/h1-2,4-5H2,3H3;10H,4-6H2,1-3H3. The van der Waals surface area contributed by atoms with E-state index in [1.165, 1.54) is 0 Å². The first-order chi connectivity index (χ1) is 9.42. The molecule has 0 aliphatic carbocycles. The molecule has 20 heavy (non-hydrogen) atoms. The van der Waals surface area contributed by atoms with Crippen LogP contribution in [-0.2, 0) is 22.8 Å². The molecule has 1 radical (unpaired) electrons. The molecular formula is C13H27O5SSi. The average molecular weight is 324 g/mol. The van der Waals surface area contributed by atoms with Crippen molar-refractivity contribution >= 4 is 27.4 Å². The van der Waals surface area contributed by atoms with E-state index in [1.807, 2.05) is 0 Å². The molecule has 0 amide bonds. The normalized spacial score (nSPS) is 10.5. The SMILES string of the molecule is CO[Si](CCCS)(OC)OC.[CH2]CCOC(=O)C(=C)C. The third-order valence-electron chi connectivity index (χ3n) is 2.30. The molecule has 119 valence electrons. The van der Waals surface area contributed by atoms with Gasteiger partial charge in [-0.25, -0.2) is 4.79 Å². The highest BCUT2D eigenvalue weighted by Gasteiger charge is 2.36. The summed E-state index contributed by atoms with van der Waals surface area (Å²) in [6.45, 7) is 8.92. The third kappa shape index (κ3) is 10.4. The summed E-state index contributed by atoms with van der Waals surface area (Å²) in [6, 6.07) is 0.833.